The topological polar surface area (TPSA) is 72.2 Å². The van der Waals surface area contributed by atoms with Crippen LogP contribution in [0.1, 0.15) is 6.42 Å². The average molecular weight is 351 g/mol. The van der Waals surface area contributed by atoms with Gasteiger partial charge in [-0.1, -0.05) is 15.9 Å². The zero-order chi connectivity index (χ0) is 13.2. The number of rotatable bonds is 4. The number of anilines is 1. The second-order valence-electron chi connectivity index (χ2n) is 4.26. The highest BCUT2D eigenvalue weighted by molar-refractivity contribution is 9.10. The Balaban J connectivity index is 2.12. The molecule has 0 aliphatic carbocycles. The number of nitrogen functional groups attached to an aromatic ring is 1. The van der Waals surface area contributed by atoms with Crippen molar-refractivity contribution in [3.63, 3.8) is 0 Å². The van der Waals surface area contributed by atoms with Gasteiger partial charge in [-0.25, -0.2) is 13.1 Å². The third-order valence-corrected chi connectivity index (χ3v) is 6.06. The normalized spacial score (nSPS) is 20.2. The predicted molar refractivity (Wildman–Crippen MR) is 79.2 cm³/mol. The monoisotopic (exact) mass is 350 g/mol. The largest absolute Gasteiger partial charge is 0.398 e. The predicted octanol–water partition coefficient (Wildman–Crippen LogP) is 2.06. The Bertz CT molecular complexity index is 528. The Morgan fingerprint density at radius 2 is 2.28 bits per heavy atom. The molecule has 3 N–H and O–H groups in total. The quantitative estimate of drug-likeness (QED) is 0.815. The standard InChI is InChI=1S/C11H15BrN2O2S2/c12-9-1-2-10(13)11(5-9)18(15,16)14-6-8-3-4-17-7-8/h1-2,5,8,14H,3-4,6-7,13H2. The molecule has 0 aromatic heterocycles. The first kappa shape index (κ1) is 14.2. The van der Waals surface area contributed by atoms with E-state index in [0.717, 1.165) is 17.9 Å². The van der Waals surface area contributed by atoms with Crippen molar-refractivity contribution in [3.05, 3.63) is 22.7 Å². The molecule has 1 unspecified atom stereocenters. The molecule has 1 aliphatic rings. The van der Waals surface area contributed by atoms with Crippen molar-refractivity contribution in [1.29, 1.82) is 0 Å². The maximum absolute atomic E-state index is 12.1. The van der Waals surface area contributed by atoms with Gasteiger partial charge < -0.3 is 5.73 Å². The minimum atomic E-state index is -3.52. The average Bonchev–Trinajstić information content (AvgIpc) is 2.83. The van der Waals surface area contributed by atoms with Crippen LogP contribution in [0.5, 0.6) is 0 Å². The van der Waals surface area contributed by atoms with Crippen molar-refractivity contribution in [2.75, 3.05) is 23.8 Å². The van der Waals surface area contributed by atoms with Crippen LogP contribution in [-0.2, 0) is 10.0 Å². The van der Waals surface area contributed by atoms with E-state index in [1.54, 1.807) is 12.1 Å². The minimum absolute atomic E-state index is 0.141. The fraction of sp³-hybridized carbons (Fsp3) is 0.455. The molecule has 1 atom stereocenters. The van der Waals surface area contributed by atoms with Crippen LogP contribution in [0, 0.1) is 5.92 Å². The summed E-state index contributed by atoms with van der Waals surface area (Å²) in [4.78, 5) is 0.141. The third kappa shape index (κ3) is 3.40. The van der Waals surface area contributed by atoms with Gasteiger partial charge in [0.15, 0.2) is 0 Å². The van der Waals surface area contributed by atoms with Crippen LogP contribution in [0.25, 0.3) is 0 Å². The molecule has 0 spiro atoms. The van der Waals surface area contributed by atoms with Crippen LogP contribution in [-0.4, -0.2) is 26.5 Å². The number of hydrogen-bond donors (Lipinski definition) is 2. The molecule has 7 heteroatoms. The molecule has 1 saturated heterocycles. The van der Waals surface area contributed by atoms with Gasteiger partial charge in [0.05, 0.1) is 5.69 Å². The molecule has 0 saturated carbocycles. The molecule has 1 aromatic rings. The van der Waals surface area contributed by atoms with Gasteiger partial charge in [-0.05, 0) is 42.0 Å². The van der Waals surface area contributed by atoms with E-state index in [9.17, 15) is 8.42 Å². The highest BCUT2D eigenvalue weighted by atomic mass is 79.9. The van der Waals surface area contributed by atoms with Crippen LogP contribution in [0.2, 0.25) is 0 Å². The lowest BCUT2D eigenvalue weighted by atomic mass is 10.1. The van der Waals surface area contributed by atoms with Crippen LogP contribution in [0.3, 0.4) is 0 Å². The van der Waals surface area contributed by atoms with E-state index in [0.29, 0.717) is 16.9 Å². The first-order chi connectivity index (χ1) is 8.49. The Morgan fingerprint density at radius 1 is 1.50 bits per heavy atom. The minimum Gasteiger partial charge on any atom is -0.398 e. The summed E-state index contributed by atoms with van der Waals surface area (Å²) in [5, 5.41) is 0. The van der Waals surface area contributed by atoms with Gasteiger partial charge in [-0.3, -0.25) is 0 Å². The molecule has 1 fully saturated rings. The Kier molecular flexibility index (Phi) is 4.58. The lowest BCUT2D eigenvalue weighted by molar-refractivity contribution is 0.546. The van der Waals surface area contributed by atoms with Gasteiger partial charge in [0.1, 0.15) is 4.90 Å². The first-order valence-electron chi connectivity index (χ1n) is 5.61. The lowest BCUT2D eigenvalue weighted by Crippen LogP contribution is -2.30. The van der Waals surface area contributed by atoms with Gasteiger partial charge >= 0.3 is 0 Å². The van der Waals surface area contributed by atoms with Crippen molar-refractivity contribution < 1.29 is 8.42 Å². The van der Waals surface area contributed by atoms with Crippen LogP contribution < -0.4 is 10.5 Å². The van der Waals surface area contributed by atoms with Crippen molar-refractivity contribution in [2.24, 2.45) is 5.92 Å². The summed E-state index contributed by atoms with van der Waals surface area (Å²) in [5.74, 6) is 2.57. The first-order valence-corrected chi connectivity index (χ1v) is 9.04. The zero-order valence-electron chi connectivity index (χ0n) is 9.73. The summed E-state index contributed by atoms with van der Waals surface area (Å²) < 4.78 is 27.6. The van der Waals surface area contributed by atoms with Crippen molar-refractivity contribution >= 4 is 43.4 Å². The summed E-state index contributed by atoms with van der Waals surface area (Å²) >= 11 is 5.12. The number of nitrogens with two attached hydrogens (primary N) is 1. The number of benzene rings is 1. The van der Waals surface area contributed by atoms with Gasteiger partial charge in [-0.15, -0.1) is 0 Å². The van der Waals surface area contributed by atoms with Gasteiger partial charge in [0.2, 0.25) is 10.0 Å². The van der Waals surface area contributed by atoms with E-state index in [1.165, 1.54) is 6.07 Å². The number of halogens is 1. The molecule has 18 heavy (non-hydrogen) atoms. The van der Waals surface area contributed by atoms with Crippen LogP contribution >= 0.6 is 27.7 Å². The second kappa shape index (κ2) is 5.81. The number of hydrogen-bond acceptors (Lipinski definition) is 4. The molecule has 4 nitrogen and oxygen atoms in total. The molecule has 0 bridgehead atoms. The maximum Gasteiger partial charge on any atom is 0.242 e. The summed E-state index contributed by atoms with van der Waals surface area (Å²) in [6.07, 6.45) is 1.07. The molecule has 1 aromatic carbocycles. The van der Waals surface area contributed by atoms with Gasteiger partial charge in [0.25, 0.3) is 0 Å². The van der Waals surface area contributed by atoms with E-state index in [2.05, 4.69) is 20.7 Å². The number of sulfonamides is 1. The van der Waals surface area contributed by atoms with Crippen molar-refractivity contribution in [2.45, 2.75) is 11.3 Å². The Labute approximate surface area is 120 Å². The van der Waals surface area contributed by atoms with Crippen molar-refractivity contribution in [1.82, 2.24) is 4.72 Å². The van der Waals surface area contributed by atoms with Crippen LogP contribution in [0.4, 0.5) is 5.69 Å². The highest BCUT2D eigenvalue weighted by Crippen LogP contribution is 2.25. The fourth-order valence-electron chi connectivity index (χ4n) is 1.79. The van der Waals surface area contributed by atoms with E-state index in [1.807, 2.05) is 11.8 Å². The van der Waals surface area contributed by atoms with E-state index >= 15 is 0 Å². The second-order valence-corrected chi connectivity index (χ2v) is 8.06. The maximum atomic E-state index is 12.1. The third-order valence-electron chi connectivity index (χ3n) is 2.85. The fourth-order valence-corrected chi connectivity index (χ4v) is 4.86. The highest BCUT2D eigenvalue weighted by Gasteiger charge is 2.21. The molecule has 1 aliphatic heterocycles. The number of nitrogens with one attached hydrogen (secondary N) is 1. The Hall–Kier alpha value is -0.240. The molecular weight excluding hydrogens is 336 g/mol. The molecule has 0 radical (unpaired) electrons. The van der Waals surface area contributed by atoms with Gasteiger partial charge in [0, 0.05) is 11.0 Å². The molecule has 1 heterocycles. The van der Waals surface area contributed by atoms with Crippen LogP contribution in [0.15, 0.2) is 27.6 Å². The molecule has 2 rings (SSSR count). The SMILES string of the molecule is Nc1ccc(Br)cc1S(=O)(=O)NCC1CCSC1. The molecule has 0 amide bonds. The lowest BCUT2D eigenvalue weighted by Gasteiger charge is -2.12. The summed E-state index contributed by atoms with van der Waals surface area (Å²) in [5.41, 5.74) is 5.99. The van der Waals surface area contributed by atoms with E-state index in [4.69, 9.17) is 5.73 Å². The zero-order valence-corrected chi connectivity index (χ0v) is 12.9. The molecule has 100 valence electrons. The molecular formula is C11H15BrN2O2S2. The van der Waals surface area contributed by atoms with Gasteiger partial charge in [-0.2, -0.15) is 11.8 Å². The summed E-state index contributed by atoms with van der Waals surface area (Å²) in [7, 11) is -3.52. The van der Waals surface area contributed by atoms with E-state index in [-0.39, 0.29) is 10.6 Å². The summed E-state index contributed by atoms with van der Waals surface area (Å²) in [6, 6.07) is 4.84. The van der Waals surface area contributed by atoms with E-state index < -0.39 is 10.0 Å². The Morgan fingerprint density at radius 3 is 2.94 bits per heavy atom. The summed E-state index contributed by atoms with van der Waals surface area (Å²) in [6.45, 7) is 0.487. The number of thioether (sulfide) groups is 1. The smallest absolute Gasteiger partial charge is 0.242 e. The van der Waals surface area contributed by atoms with Crippen molar-refractivity contribution in [3.8, 4) is 0 Å².